The summed E-state index contributed by atoms with van der Waals surface area (Å²) in [6.45, 7) is 3.89. The second-order valence-electron chi connectivity index (χ2n) is 6.52. The maximum Gasteiger partial charge on any atom is 0.336 e. The van der Waals surface area contributed by atoms with Gasteiger partial charge in [0.05, 0.1) is 0 Å². The van der Waals surface area contributed by atoms with E-state index in [1.54, 1.807) is 6.07 Å². The highest BCUT2D eigenvalue weighted by molar-refractivity contribution is 7.98. The molecule has 4 rings (SSSR count). The molecule has 2 aromatic carbocycles. The molecule has 0 saturated carbocycles. The summed E-state index contributed by atoms with van der Waals surface area (Å²) in [4.78, 5) is 11.9. The number of nitrogen functional groups attached to an aromatic ring is 1. The third-order valence-corrected chi connectivity index (χ3v) is 5.84. The minimum absolute atomic E-state index is 0.403. The van der Waals surface area contributed by atoms with E-state index in [0.717, 1.165) is 27.6 Å². The van der Waals surface area contributed by atoms with Crippen LogP contribution in [0.25, 0.3) is 22.4 Å². The highest BCUT2D eigenvalue weighted by Gasteiger charge is 2.14. The van der Waals surface area contributed by atoms with Crippen LogP contribution in [0.2, 0.25) is 5.02 Å². The zero-order chi connectivity index (χ0) is 19.8. The average Bonchev–Trinajstić information content (AvgIpc) is 3.02. The molecule has 0 atom stereocenters. The molecule has 0 aliphatic rings. The fourth-order valence-electron chi connectivity index (χ4n) is 2.88. The first-order valence-corrected chi connectivity index (χ1v) is 9.92. The second kappa shape index (κ2) is 7.33. The third-order valence-electron chi connectivity index (χ3n) is 4.44. The van der Waals surface area contributed by atoms with Gasteiger partial charge in [0.25, 0.3) is 0 Å². The van der Waals surface area contributed by atoms with E-state index in [0.29, 0.717) is 27.3 Å². The monoisotopic (exact) mass is 412 g/mol. The Morgan fingerprint density at radius 3 is 2.64 bits per heavy atom. The lowest BCUT2D eigenvalue weighted by Gasteiger charge is -2.07. The number of hydrogen-bond donors (Lipinski definition) is 1. The number of thioether (sulfide) groups is 1. The van der Waals surface area contributed by atoms with Crippen molar-refractivity contribution in [1.29, 1.82) is 0 Å². The molecule has 0 fully saturated rings. The van der Waals surface area contributed by atoms with Crippen molar-refractivity contribution in [3.8, 4) is 11.4 Å². The molecule has 0 amide bonds. The predicted octanol–water partition coefficient (Wildman–Crippen LogP) is 4.33. The van der Waals surface area contributed by atoms with Gasteiger partial charge in [0.15, 0.2) is 5.82 Å². The number of aryl methyl sites for hydroxylation is 2. The van der Waals surface area contributed by atoms with Gasteiger partial charge in [0.1, 0.15) is 5.58 Å². The van der Waals surface area contributed by atoms with Crippen LogP contribution in [0.4, 0.5) is 0 Å². The molecule has 0 bridgehead atoms. The van der Waals surface area contributed by atoms with Crippen molar-refractivity contribution >= 4 is 34.3 Å². The highest BCUT2D eigenvalue weighted by Crippen LogP contribution is 2.30. The van der Waals surface area contributed by atoms with Gasteiger partial charge in [-0.2, -0.15) is 0 Å². The predicted molar refractivity (Wildman–Crippen MR) is 112 cm³/mol. The van der Waals surface area contributed by atoms with Gasteiger partial charge >= 0.3 is 5.63 Å². The van der Waals surface area contributed by atoms with Crippen LogP contribution in [-0.2, 0) is 5.75 Å². The van der Waals surface area contributed by atoms with Crippen LogP contribution in [0.1, 0.15) is 16.7 Å². The maximum atomic E-state index is 11.9. The van der Waals surface area contributed by atoms with Crippen molar-refractivity contribution in [1.82, 2.24) is 14.9 Å². The van der Waals surface area contributed by atoms with E-state index in [4.69, 9.17) is 21.9 Å². The van der Waals surface area contributed by atoms with E-state index < -0.39 is 5.63 Å². The third kappa shape index (κ3) is 3.50. The smallest absolute Gasteiger partial charge is 0.336 e. The van der Waals surface area contributed by atoms with E-state index in [1.165, 1.54) is 22.5 Å². The largest absolute Gasteiger partial charge is 0.423 e. The Morgan fingerprint density at radius 1 is 1.14 bits per heavy atom. The van der Waals surface area contributed by atoms with Gasteiger partial charge in [-0.3, -0.25) is 0 Å². The summed E-state index contributed by atoms with van der Waals surface area (Å²) in [5.74, 6) is 7.25. The Balaban J connectivity index is 1.64. The van der Waals surface area contributed by atoms with Crippen molar-refractivity contribution in [3.05, 3.63) is 74.6 Å². The molecule has 0 saturated heterocycles. The van der Waals surface area contributed by atoms with Crippen molar-refractivity contribution in [3.63, 3.8) is 0 Å². The fraction of sp³-hybridized carbons (Fsp3) is 0.150. The highest BCUT2D eigenvalue weighted by atomic mass is 35.5. The van der Waals surface area contributed by atoms with Gasteiger partial charge in [-0.25, -0.2) is 9.47 Å². The average molecular weight is 413 g/mol. The fourth-order valence-corrected chi connectivity index (χ4v) is 3.90. The van der Waals surface area contributed by atoms with Gasteiger partial charge in [0, 0.05) is 27.8 Å². The summed E-state index contributed by atoms with van der Waals surface area (Å²) >= 11 is 7.64. The van der Waals surface area contributed by atoms with Crippen LogP contribution in [0.15, 0.2) is 56.8 Å². The standard InChI is InChI=1S/C20H17ClN4O2S/c1-11-3-5-13(6-4-11)19-23-24-20(25(19)22)28-10-14-8-18(26)27-17-7-12(2)16(21)9-15(14)17/h3-9H,10,22H2,1-2H3. The molecule has 4 aromatic rings. The molecular formula is C20H17ClN4O2S. The summed E-state index contributed by atoms with van der Waals surface area (Å²) in [5.41, 5.74) is 3.81. The van der Waals surface area contributed by atoms with Crippen molar-refractivity contribution < 1.29 is 4.42 Å². The number of fused-ring (bicyclic) bond motifs is 1. The zero-order valence-electron chi connectivity index (χ0n) is 15.3. The van der Waals surface area contributed by atoms with Gasteiger partial charge in [-0.1, -0.05) is 53.2 Å². The van der Waals surface area contributed by atoms with Crippen LogP contribution < -0.4 is 11.5 Å². The zero-order valence-corrected chi connectivity index (χ0v) is 16.8. The van der Waals surface area contributed by atoms with Crippen molar-refractivity contribution in [2.45, 2.75) is 24.8 Å². The molecule has 28 heavy (non-hydrogen) atoms. The minimum atomic E-state index is -0.403. The quantitative estimate of drug-likeness (QED) is 0.305. The van der Waals surface area contributed by atoms with E-state index in [-0.39, 0.29) is 0 Å². The molecule has 142 valence electrons. The molecular weight excluding hydrogens is 396 g/mol. The summed E-state index contributed by atoms with van der Waals surface area (Å²) in [6.07, 6.45) is 0. The SMILES string of the molecule is Cc1ccc(-c2nnc(SCc3cc(=O)oc4cc(C)c(Cl)cc34)n2N)cc1. The van der Waals surface area contributed by atoms with Gasteiger partial charge in [-0.15, -0.1) is 10.2 Å². The molecule has 0 radical (unpaired) electrons. The number of aromatic nitrogens is 3. The van der Waals surface area contributed by atoms with Crippen molar-refractivity contribution in [2.75, 3.05) is 5.84 Å². The van der Waals surface area contributed by atoms with Gasteiger partial charge in [-0.05, 0) is 37.1 Å². The normalized spacial score (nSPS) is 11.2. The van der Waals surface area contributed by atoms with Crippen LogP contribution in [0.5, 0.6) is 0 Å². The number of nitrogens with zero attached hydrogens (tertiary/aromatic N) is 3. The Morgan fingerprint density at radius 2 is 1.89 bits per heavy atom. The van der Waals surface area contributed by atoms with Gasteiger partial charge in [0.2, 0.25) is 5.16 Å². The van der Waals surface area contributed by atoms with E-state index in [1.807, 2.05) is 44.2 Å². The Hall–Kier alpha value is -2.77. The van der Waals surface area contributed by atoms with Crippen LogP contribution in [0.3, 0.4) is 0 Å². The number of nitrogens with two attached hydrogens (primary N) is 1. The number of rotatable bonds is 4. The van der Waals surface area contributed by atoms with E-state index >= 15 is 0 Å². The lowest BCUT2D eigenvalue weighted by atomic mass is 10.1. The molecule has 2 N–H and O–H groups in total. The summed E-state index contributed by atoms with van der Waals surface area (Å²) in [7, 11) is 0. The van der Waals surface area contributed by atoms with Crippen LogP contribution >= 0.6 is 23.4 Å². The minimum Gasteiger partial charge on any atom is -0.423 e. The molecule has 0 unspecified atom stereocenters. The number of halogens is 1. The Labute approximate surface area is 170 Å². The molecule has 0 aliphatic heterocycles. The molecule has 8 heteroatoms. The Bertz CT molecular complexity index is 1230. The van der Waals surface area contributed by atoms with Gasteiger partial charge < -0.3 is 10.3 Å². The van der Waals surface area contributed by atoms with Crippen LogP contribution in [-0.4, -0.2) is 14.9 Å². The number of benzene rings is 2. The lowest BCUT2D eigenvalue weighted by Crippen LogP contribution is -2.11. The first-order valence-electron chi connectivity index (χ1n) is 8.55. The molecule has 6 nitrogen and oxygen atoms in total. The lowest BCUT2D eigenvalue weighted by molar-refractivity contribution is 0.559. The van der Waals surface area contributed by atoms with Crippen molar-refractivity contribution in [2.24, 2.45) is 0 Å². The molecule has 2 aromatic heterocycles. The Kier molecular flexibility index (Phi) is 4.87. The molecule has 0 aliphatic carbocycles. The summed E-state index contributed by atoms with van der Waals surface area (Å²) < 4.78 is 6.76. The first-order chi connectivity index (χ1) is 13.4. The topological polar surface area (TPSA) is 86.9 Å². The van der Waals surface area contributed by atoms with E-state index in [9.17, 15) is 4.79 Å². The van der Waals surface area contributed by atoms with Crippen LogP contribution in [0, 0.1) is 13.8 Å². The number of hydrogen-bond acceptors (Lipinski definition) is 6. The second-order valence-corrected chi connectivity index (χ2v) is 7.87. The van der Waals surface area contributed by atoms with E-state index in [2.05, 4.69) is 10.2 Å². The summed E-state index contributed by atoms with van der Waals surface area (Å²) in [5, 5.41) is 10.4. The maximum absolute atomic E-state index is 11.9. The first kappa shape index (κ1) is 18.6. The summed E-state index contributed by atoms with van der Waals surface area (Å²) in [6, 6.07) is 13.0. The molecule has 2 heterocycles. The molecule has 0 spiro atoms.